The lowest BCUT2D eigenvalue weighted by Crippen LogP contribution is -2.46. The fourth-order valence-electron chi connectivity index (χ4n) is 3.84. The van der Waals surface area contributed by atoms with Gasteiger partial charge in [0.25, 0.3) is 0 Å². The van der Waals surface area contributed by atoms with Gasteiger partial charge in [-0.3, -0.25) is 0 Å². The molecule has 0 radical (unpaired) electrons. The van der Waals surface area contributed by atoms with E-state index in [1.165, 1.54) is 0 Å². The van der Waals surface area contributed by atoms with E-state index in [2.05, 4.69) is 15.5 Å². The summed E-state index contributed by atoms with van der Waals surface area (Å²) in [5, 5.41) is 5.87. The van der Waals surface area contributed by atoms with Crippen molar-refractivity contribution < 1.29 is 19.1 Å². The molecule has 1 unspecified atom stereocenters. The predicted octanol–water partition coefficient (Wildman–Crippen LogP) is 3.54. The molecule has 1 saturated heterocycles. The highest BCUT2D eigenvalue weighted by Gasteiger charge is 2.38. The summed E-state index contributed by atoms with van der Waals surface area (Å²) in [5.74, 6) is 1.17. The van der Waals surface area contributed by atoms with Crippen LogP contribution in [0, 0.1) is 11.8 Å². The number of piperidine rings is 1. The van der Waals surface area contributed by atoms with E-state index >= 15 is 0 Å². The number of nitrogens with zero attached hydrogens (tertiary/aromatic N) is 1. The average Bonchev–Trinajstić information content (AvgIpc) is 3.43. The van der Waals surface area contributed by atoms with E-state index in [4.69, 9.17) is 9.47 Å². The van der Waals surface area contributed by atoms with E-state index in [9.17, 15) is 9.59 Å². The molecule has 7 nitrogen and oxygen atoms in total. The Morgan fingerprint density at radius 2 is 1.77 bits per heavy atom. The van der Waals surface area contributed by atoms with Crippen LogP contribution in [0.5, 0.6) is 0 Å². The van der Waals surface area contributed by atoms with Crippen LogP contribution in [-0.2, 0) is 16.1 Å². The van der Waals surface area contributed by atoms with Gasteiger partial charge in [0, 0.05) is 32.2 Å². The quantitative estimate of drug-likeness (QED) is 0.709. The fourth-order valence-corrected chi connectivity index (χ4v) is 3.84. The van der Waals surface area contributed by atoms with Crippen LogP contribution in [-0.4, -0.2) is 54.9 Å². The number of ether oxygens (including phenoxy) is 2. The normalized spacial score (nSPS) is 22.2. The number of carbonyl (C=O) groups is 2. The topological polar surface area (TPSA) is 79.9 Å². The largest absolute Gasteiger partial charge is 0.445 e. The number of hydrogen-bond acceptors (Lipinski definition) is 5. The monoisotopic (exact) mass is 417 g/mol. The first kappa shape index (κ1) is 22.4. The van der Waals surface area contributed by atoms with Crippen LogP contribution in [0.1, 0.15) is 45.6 Å². The molecule has 1 saturated carbocycles. The standard InChI is InChI=1S/C23H35N3O4/c1-23(2,3)30-22(28)25-20-9-11-26(12-10-20)15-19-13-18(19)14-24-21(27)29-16-17-7-5-4-6-8-17/h4-8,18-20H,9-16H2,1-3H3,(H,24,27)(H,25,28)/t18?,19-/m0/s1. The van der Waals surface area contributed by atoms with Gasteiger partial charge in [0.2, 0.25) is 0 Å². The SMILES string of the molecule is CC(C)(C)OC(=O)NC1CCN(C[C@@H]2CC2CNC(=O)OCc2ccccc2)CC1. The van der Waals surface area contributed by atoms with Gasteiger partial charge in [-0.25, -0.2) is 9.59 Å². The van der Waals surface area contributed by atoms with Gasteiger partial charge in [0.05, 0.1) is 0 Å². The molecule has 3 rings (SSSR count). The summed E-state index contributed by atoms with van der Waals surface area (Å²) in [6.45, 7) is 9.62. The minimum absolute atomic E-state index is 0.187. The Kier molecular flexibility index (Phi) is 7.58. The van der Waals surface area contributed by atoms with Crippen molar-refractivity contribution in [1.29, 1.82) is 0 Å². The van der Waals surface area contributed by atoms with Gasteiger partial charge in [-0.2, -0.15) is 0 Å². The Morgan fingerprint density at radius 1 is 1.07 bits per heavy atom. The number of benzene rings is 1. The van der Waals surface area contributed by atoms with E-state index in [-0.39, 0.29) is 18.2 Å². The van der Waals surface area contributed by atoms with Crippen molar-refractivity contribution in [2.45, 2.75) is 58.3 Å². The molecule has 1 heterocycles. The van der Waals surface area contributed by atoms with Crippen molar-refractivity contribution in [2.75, 3.05) is 26.2 Å². The molecule has 166 valence electrons. The van der Waals surface area contributed by atoms with Gasteiger partial charge in [-0.15, -0.1) is 0 Å². The van der Waals surface area contributed by atoms with Crippen molar-refractivity contribution in [3.8, 4) is 0 Å². The average molecular weight is 418 g/mol. The highest BCUT2D eigenvalue weighted by atomic mass is 16.6. The molecule has 2 aliphatic rings. The Labute approximate surface area is 179 Å². The van der Waals surface area contributed by atoms with Crippen LogP contribution in [0.25, 0.3) is 0 Å². The molecule has 0 aromatic heterocycles. The molecule has 2 amide bonds. The molecule has 0 spiro atoms. The second-order valence-electron chi connectivity index (χ2n) is 9.42. The molecule has 1 aliphatic heterocycles. The molecule has 0 bridgehead atoms. The van der Waals surface area contributed by atoms with Gasteiger partial charge in [-0.1, -0.05) is 30.3 Å². The maximum absolute atomic E-state index is 11.9. The molecule has 1 aromatic rings. The smallest absolute Gasteiger partial charge is 0.407 e. The number of likely N-dealkylation sites (tertiary alicyclic amines) is 1. The molecule has 1 aromatic carbocycles. The Bertz CT molecular complexity index is 696. The van der Waals surface area contributed by atoms with Gasteiger partial charge in [-0.05, 0) is 57.4 Å². The van der Waals surface area contributed by atoms with Gasteiger partial charge < -0.3 is 25.0 Å². The molecule has 2 N–H and O–H groups in total. The summed E-state index contributed by atoms with van der Waals surface area (Å²) in [6.07, 6.45) is 2.36. The first-order valence-corrected chi connectivity index (χ1v) is 10.9. The van der Waals surface area contributed by atoms with Gasteiger partial charge >= 0.3 is 12.2 Å². The molecule has 30 heavy (non-hydrogen) atoms. The number of rotatable bonds is 7. The second-order valence-corrected chi connectivity index (χ2v) is 9.42. The zero-order valence-electron chi connectivity index (χ0n) is 18.4. The molecule has 2 atom stereocenters. The third-order valence-corrected chi connectivity index (χ3v) is 5.59. The van der Waals surface area contributed by atoms with Crippen LogP contribution in [0.2, 0.25) is 0 Å². The number of carbonyl (C=O) groups excluding carboxylic acids is 2. The maximum atomic E-state index is 11.9. The second kappa shape index (κ2) is 10.2. The van der Waals surface area contributed by atoms with E-state index in [1.54, 1.807) is 0 Å². The van der Waals surface area contributed by atoms with E-state index < -0.39 is 5.60 Å². The highest BCUT2D eigenvalue weighted by molar-refractivity contribution is 5.68. The summed E-state index contributed by atoms with van der Waals surface area (Å²) in [7, 11) is 0. The predicted molar refractivity (Wildman–Crippen MR) is 115 cm³/mol. The lowest BCUT2D eigenvalue weighted by molar-refractivity contribution is 0.0477. The molecule has 2 fully saturated rings. The van der Waals surface area contributed by atoms with Gasteiger partial charge in [0.1, 0.15) is 12.2 Å². The first-order valence-electron chi connectivity index (χ1n) is 10.9. The number of alkyl carbamates (subject to hydrolysis) is 2. The van der Waals surface area contributed by atoms with Crippen LogP contribution in [0.4, 0.5) is 9.59 Å². The minimum Gasteiger partial charge on any atom is -0.445 e. The molecule has 1 aliphatic carbocycles. The molecule has 7 heteroatoms. The lowest BCUT2D eigenvalue weighted by Gasteiger charge is -2.33. The number of hydrogen-bond donors (Lipinski definition) is 2. The summed E-state index contributed by atoms with van der Waals surface area (Å²) in [4.78, 5) is 26.2. The van der Waals surface area contributed by atoms with Crippen LogP contribution in [0.15, 0.2) is 30.3 Å². The van der Waals surface area contributed by atoms with Crippen molar-refractivity contribution in [3.63, 3.8) is 0 Å². The fraction of sp³-hybridized carbons (Fsp3) is 0.652. The third-order valence-electron chi connectivity index (χ3n) is 5.59. The number of nitrogens with one attached hydrogen (secondary N) is 2. The summed E-state index contributed by atoms with van der Waals surface area (Å²) < 4.78 is 10.6. The number of amides is 2. The van der Waals surface area contributed by atoms with Crippen molar-refractivity contribution in [3.05, 3.63) is 35.9 Å². The zero-order chi connectivity index (χ0) is 21.6. The van der Waals surface area contributed by atoms with E-state index in [1.807, 2.05) is 51.1 Å². The summed E-state index contributed by atoms with van der Waals surface area (Å²) in [6, 6.07) is 9.87. The minimum atomic E-state index is -0.465. The molecular weight excluding hydrogens is 382 g/mol. The van der Waals surface area contributed by atoms with Gasteiger partial charge in [0.15, 0.2) is 0 Å². The Hall–Kier alpha value is -2.28. The van der Waals surface area contributed by atoms with E-state index in [0.717, 1.165) is 44.5 Å². The van der Waals surface area contributed by atoms with Crippen molar-refractivity contribution >= 4 is 12.2 Å². The lowest BCUT2D eigenvalue weighted by atomic mass is 10.0. The first-order chi connectivity index (χ1) is 14.3. The summed E-state index contributed by atoms with van der Waals surface area (Å²) >= 11 is 0. The van der Waals surface area contributed by atoms with Crippen LogP contribution >= 0.6 is 0 Å². The Balaban J connectivity index is 1.25. The summed E-state index contributed by atoms with van der Waals surface area (Å²) in [5.41, 5.74) is 0.523. The highest BCUT2D eigenvalue weighted by Crippen LogP contribution is 2.38. The van der Waals surface area contributed by atoms with Crippen LogP contribution in [0.3, 0.4) is 0 Å². The zero-order valence-corrected chi connectivity index (χ0v) is 18.4. The van der Waals surface area contributed by atoms with Crippen LogP contribution < -0.4 is 10.6 Å². The van der Waals surface area contributed by atoms with Crippen molar-refractivity contribution in [2.24, 2.45) is 11.8 Å². The van der Waals surface area contributed by atoms with Crippen molar-refractivity contribution in [1.82, 2.24) is 15.5 Å². The molecular formula is C23H35N3O4. The maximum Gasteiger partial charge on any atom is 0.407 e. The van der Waals surface area contributed by atoms with E-state index in [0.29, 0.717) is 25.0 Å². The third kappa shape index (κ3) is 7.86. The Morgan fingerprint density at radius 3 is 2.43 bits per heavy atom.